The minimum Gasteiger partial charge on any atom is -0.488 e. The Balaban J connectivity index is 1.58. The van der Waals surface area contributed by atoms with Crippen molar-refractivity contribution < 1.29 is 19.4 Å². The summed E-state index contributed by atoms with van der Waals surface area (Å²) in [5.41, 5.74) is 1.12. The van der Waals surface area contributed by atoms with Gasteiger partial charge in [0.05, 0.1) is 12.5 Å². The van der Waals surface area contributed by atoms with Crippen molar-refractivity contribution >= 4 is 5.97 Å². The summed E-state index contributed by atoms with van der Waals surface area (Å²) in [7, 11) is 0. The van der Waals surface area contributed by atoms with E-state index in [2.05, 4.69) is 5.32 Å². The lowest BCUT2D eigenvalue weighted by Gasteiger charge is -2.23. The molecule has 0 spiro atoms. The maximum Gasteiger partial charge on any atom is 0.307 e. The second-order valence-corrected chi connectivity index (χ2v) is 5.76. The molecule has 2 aliphatic rings. The summed E-state index contributed by atoms with van der Waals surface area (Å²) in [6, 6.07) is 8.07. The van der Waals surface area contributed by atoms with E-state index in [1.807, 2.05) is 24.3 Å². The first kappa shape index (κ1) is 14.4. The number of rotatable bonds is 4. The molecule has 2 saturated heterocycles. The van der Waals surface area contributed by atoms with Gasteiger partial charge in [0.1, 0.15) is 11.9 Å². The fourth-order valence-electron chi connectivity index (χ4n) is 2.95. The summed E-state index contributed by atoms with van der Waals surface area (Å²) in [6.07, 6.45) is 2.87. The standard InChI is InChI=1S/C16H21NO4/c18-16(19)12-8-15(17-9-12)11-3-5-13(6-4-11)21-14-2-1-7-20-10-14/h3-6,12,14-15,17H,1-2,7-10H2,(H,18,19). The van der Waals surface area contributed by atoms with Crippen LogP contribution in [0.3, 0.4) is 0 Å². The first-order valence-electron chi connectivity index (χ1n) is 7.53. The number of carboxylic acid groups (broad SMARTS) is 1. The zero-order valence-corrected chi connectivity index (χ0v) is 12.0. The number of hydrogen-bond donors (Lipinski definition) is 2. The molecule has 0 aromatic heterocycles. The summed E-state index contributed by atoms with van der Waals surface area (Å²) in [4.78, 5) is 11.0. The number of ether oxygens (including phenoxy) is 2. The second-order valence-electron chi connectivity index (χ2n) is 5.76. The van der Waals surface area contributed by atoms with Crippen molar-refractivity contribution in [3.8, 4) is 5.75 Å². The van der Waals surface area contributed by atoms with E-state index in [4.69, 9.17) is 14.6 Å². The topological polar surface area (TPSA) is 67.8 Å². The van der Waals surface area contributed by atoms with Crippen LogP contribution in [-0.2, 0) is 9.53 Å². The minimum atomic E-state index is -0.720. The highest BCUT2D eigenvalue weighted by molar-refractivity contribution is 5.70. The van der Waals surface area contributed by atoms with Gasteiger partial charge in [-0.15, -0.1) is 0 Å². The molecule has 2 aliphatic heterocycles. The van der Waals surface area contributed by atoms with Crippen LogP contribution >= 0.6 is 0 Å². The molecule has 1 aromatic rings. The van der Waals surface area contributed by atoms with Gasteiger partial charge >= 0.3 is 5.97 Å². The van der Waals surface area contributed by atoms with Crippen LogP contribution in [0.4, 0.5) is 0 Å². The molecular weight excluding hydrogens is 270 g/mol. The van der Waals surface area contributed by atoms with Gasteiger partial charge in [0.15, 0.2) is 0 Å². The van der Waals surface area contributed by atoms with Gasteiger partial charge in [-0.25, -0.2) is 0 Å². The molecule has 21 heavy (non-hydrogen) atoms. The lowest BCUT2D eigenvalue weighted by atomic mass is 10.0. The van der Waals surface area contributed by atoms with Crippen molar-refractivity contribution in [2.24, 2.45) is 5.92 Å². The van der Waals surface area contributed by atoms with E-state index < -0.39 is 5.97 Å². The van der Waals surface area contributed by atoms with Gasteiger partial charge in [0.2, 0.25) is 0 Å². The normalized spacial score (nSPS) is 29.2. The van der Waals surface area contributed by atoms with Gasteiger partial charge in [-0.3, -0.25) is 4.79 Å². The average molecular weight is 291 g/mol. The van der Waals surface area contributed by atoms with Gasteiger partial charge < -0.3 is 19.9 Å². The molecule has 3 unspecified atom stereocenters. The van der Waals surface area contributed by atoms with Gasteiger partial charge in [0, 0.05) is 19.2 Å². The molecule has 0 saturated carbocycles. The Morgan fingerprint density at radius 3 is 2.76 bits per heavy atom. The zero-order chi connectivity index (χ0) is 14.7. The number of carbonyl (C=O) groups is 1. The number of nitrogens with one attached hydrogen (secondary N) is 1. The van der Waals surface area contributed by atoms with E-state index in [0.29, 0.717) is 19.6 Å². The van der Waals surface area contributed by atoms with Crippen molar-refractivity contribution in [3.05, 3.63) is 29.8 Å². The fraction of sp³-hybridized carbons (Fsp3) is 0.562. The van der Waals surface area contributed by atoms with Crippen LogP contribution in [0.2, 0.25) is 0 Å². The third-order valence-electron chi connectivity index (χ3n) is 4.18. The fourth-order valence-corrected chi connectivity index (χ4v) is 2.95. The highest BCUT2D eigenvalue weighted by Crippen LogP contribution is 2.28. The van der Waals surface area contributed by atoms with Gasteiger partial charge in [-0.05, 0) is 37.0 Å². The third kappa shape index (κ3) is 3.54. The Kier molecular flexibility index (Phi) is 4.41. The van der Waals surface area contributed by atoms with Crippen molar-refractivity contribution in [2.45, 2.75) is 31.4 Å². The summed E-state index contributed by atoms with van der Waals surface area (Å²) in [5, 5.41) is 12.3. The summed E-state index contributed by atoms with van der Waals surface area (Å²) < 4.78 is 11.3. The smallest absolute Gasteiger partial charge is 0.307 e. The third-order valence-corrected chi connectivity index (χ3v) is 4.18. The zero-order valence-electron chi connectivity index (χ0n) is 12.0. The minimum absolute atomic E-state index is 0.123. The first-order chi connectivity index (χ1) is 10.2. The molecule has 1 aromatic carbocycles. The molecule has 0 aliphatic carbocycles. The van der Waals surface area contributed by atoms with Crippen molar-refractivity contribution in [3.63, 3.8) is 0 Å². The Morgan fingerprint density at radius 1 is 1.33 bits per heavy atom. The van der Waals surface area contributed by atoms with E-state index in [1.54, 1.807) is 0 Å². The molecule has 0 radical (unpaired) electrons. The Hall–Kier alpha value is -1.59. The van der Waals surface area contributed by atoms with E-state index in [9.17, 15) is 4.79 Å². The molecule has 2 fully saturated rings. The second kappa shape index (κ2) is 6.45. The van der Waals surface area contributed by atoms with Crippen LogP contribution in [-0.4, -0.2) is 36.9 Å². The quantitative estimate of drug-likeness (QED) is 0.888. The Bertz CT molecular complexity index is 482. The predicted molar refractivity (Wildman–Crippen MR) is 77.4 cm³/mol. The maximum absolute atomic E-state index is 11.0. The predicted octanol–water partition coefficient (Wildman–Crippen LogP) is 1.98. The SMILES string of the molecule is O=C(O)C1CNC(c2ccc(OC3CCCOC3)cc2)C1. The molecule has 0 amide bonds. The van der Waals surface area contributed by atoms with Crippen molar-refractivity contribution in [2.75, 3.05) is 19.8 Å². The van der Waals surface area contributed by atoms with Crippen LogP contribution in [0.15, 0.2) is 24.3 Å². The number of aliphatic carboxylic acids is 1. The van der Waals surface area contributed by atoms with Crippen molar-refractivity contribution in [1.82, 2.24) is 5.32 Å². The highest BCUT2D eigenvalue weighted by Gasteiger charge is 2.30. The Labute approximate surface area is 124 Å². The molecule has 114 valence electrons. The maximum atomic E-state index is 11.0. The van der Waals surface area contributed by atoms with E-state index in [-0.39, 0.29) is 18.1 Å². The van der Waals surface area contributed by atoms with Crippen LogP contribution in [0, 0.1) is 5.92 Å². The number of carboxylic acids is 1. The van der Waals surface area contributed by atoms with Gasteiger partial charge in [-0.2, -0.15) is 0 Å². The molecule has 0 bridgehead atoms. The number of benzene rings is 1. The molecule has 3 atom stereocenters. The van der Waals surface area contributed by atoms with Gasteiger partial charge in [-0.1, -0.05) is 12.1 Å². The largest absolute Gasteiger partial charge is 0.488 e. The summed E-state index contributed by atoms with van der Waals surface area (Å²) in [6.45, 7) is 2.03. The van der Waals surface area contributed by atoms with Crippen LogP contribution in [0.25, 0.3) is 0 Å². The lowest BCUT2D eigenvalue weighted by molar-refractivity contribution is -0.141. The van der Waals surface area contributed by atoms with E-state index in [1.165, 1.54) is 0 Å². The van der Waals surface area contributed by atoms with E-state index >= 15 is 0 Å². The van der Waals surface area contributed by atoms with E-state index in [0.717, 1.165) is 30.8 Å². The molecule has 2 heterocycles. The molecule has 5 heteroatoms. The monoisotopic (exact) mass is 291 g/mol. The summed E-state index contributed by atoms with van der Waals surface area (Å²) in [5.74, 6) is -0.158. The molecular formula is C16H21NO4. The first-order valence-corrected chi connectivity index (χ1v) is 7.53. The average Bonchev–Trinajstić information content (AvgIpc) is 2.99. The molecule has 3 rings (SSSR count). The lowest BCUT2D eigenvalue weighted by Crippen LogP contribution is -2.27. The Morgan fingerprint density at radius 2 is 2.14 bits per heavy atom. The highest BCUT2D eigenvalue weighted by atomic mass is 16.5. The number of hydrogen-bond acceptors (Lipinski definition) is 4. The van der Waals surface area contributed by atoms with Crippen LogP contribution in [0.5, 0.6) is 5.75 Å². The van der Waals surface area contributed by atoms with Crippen LogP contribution in [0.1, 0.15) is 30.9 Å². The molecule has 5 nitrogen and oxygen atoms in total. The van der Waals surface area contributed by atoms with Crippen molar-refractivity contribution in [1.29, 1.82) is 0 Å². The van der Waals surface area contributed by atoms with Crippen LogP contribution < -0.4 is 10.1 Å². The summed E-state index contributed by atoms with van der Waals surface area (Å²) >= 11 is 0. The molecule has 2 N–H and O–H groups in total. The van der Waals surface area contributed by atoms with Gasteiger partial charge in [0.25, 0.3) is 0 Å².